The van der Waals surface area contributed by atoms with Crippen LogP contribution in [0, 0.1) is 5.41 Å². The Kier molecular flexibility index (Phi) is 5.34. The fourth-order valence-corrected chi connectivity index (χ4v) is 1.00. The van der Waals surface area contributed by atoms with Crippen molar-refractivity contribution >= 4 is 5.91 Å². The third kappa shape index (κ3) is 3.71. The average molecular weight is 234 g/mol. The number of rotatable bonds is 5. The summed E-state index contributed by atoms with van der Waals surface area (Å²) in [6, 6.07) is -0.781. The predicted molar refractivity (Wildman–Crippen MR) is 59.6 cm³/mol. The van der Waals surface area contributed by atoms with Crippen LogP contribution in [-0.2, 0) is 4.79 Å². The van der Waals surface area contributed by atoms with Crippen LogP contribution in [-0.4, -0.2) is 52.6 Å². The highest BCUT2D eigenvalue weighted by atomic mass is 16.3. The molecule has 0 saturated heterocycles. The van der Waals surface area contributed by atoms with Crippen molar-refractivity contribution in [1.82, 2.24) is 5.32 Å². The molecule has 6 heteroatoms. The monoisotopic (exact) mass is 234 g/mol. The predicted octanol–water partition coefficient (Wildman–Crippen LogP) is -1.81. The molecule has 0 aliphatic heterocycles. The molecule has 1 amide bonds. The van der Waals surface area contributed by atoms with Gasteiger partial charge in [0.15, 0.2) is 0 Å². The summed E-state index contributed by atoms with van der Waals surface area (Å²) in [6.07, 6.45) is 0. The summed E-state index contributed by atoms with van der Waals surface area (Å²) in [4.78, 5) is 11.7. The maximum atomic E-state index is 11.7. The molecule has 0 aliphatic rings. The van der Waals surface area contributed by atoms with Crippen molar-refractivity contribution in [2.75, 3.05) is 19.8 Å². The summed E-state index contributed by atoms with van der Waals surface area (Å²) in [6.45, 7) is 3.75. The van der Waals surface area contributed by atoms with Gasteiger partial charge in [-0.2, -0.15) is 0 Å². The first-order valence-electron chi connectivity index (χ1n) is 5.12. The number of aliphatic hydroxyl groups excluding tert-OH is 3. The number of nitrogens with one attached hydrogen (secondary N) is 1. The van der Waals surface area contributed by atoms with Crippen LogP contribution >= 0.6 is 0 Å². The minimum Gasteiger partial charge on any atom is -0.394 e. The first-order chi connectivity index (χ1) is 7.22. The highest BCUT2D eigenvalue weighted by molar-refractivity contribution is 5.83. The molecule has 0 aliphatic carbocycles. The van der Waals surface area contributed by atoms with E-state index in [0.717, 1.165) is 0 Å². The number of hydrogen-bond donors (Lipinski definition) is 5. The molecule has 0 aromatic heterocycles. The van der Waals surface area contributed by atoms with Crippen LogP contribution in [0.1, 0.15) is 20.8 Å². The maximum absolute atomic E-state index is 11.7. The van der Waals surface area contributed by atoms with Crippen LogP contribution in [0.15, 0.2) is 0 Å². The van der Waals surface area contributed by atoms with Crippen LogP contribution < -0.4 is 11.1 Å². The van der Waals surface area contributed by atoms with Crippen LogP contribution in [0.4, 0.5) is 0 Å². The van der Waals surface area contributed by atoms with E-state index in [9.17, 15) is 4.79 Å². The van der Waals surface area contributed by atoms with E-state index in [1.807, 2.05) is 0 Å². The van der Waals surface area contributed by atoms with Gasteiger partial charge in [0.25, 0.3) is 0 Å². The molecular formula is C10H22N2O4. The molecule has 0 rings (SSSR count). The topological polar surface area (TPSA) is 116 Å². The lowest BCUT2D eigenvalue weighted by Crippen LogP contribution is -2.62. The molecule has 0 fully saturated rings. The Hall–Kier alpha value is -0.690. The third-order valence-corrected chi connectivity index (χ3v) is 2.51. The van der Waals surface area contributed by atoms with Crippen molar-refractivity contribution < 1.29 is 20.1 Å². The largest absolute Gasteiger partial charge is 0.394 e. The van der Waals surface area contributed by atoms with E-state index in [1.54, 1.807) is 20.8 Å². The Labute approximate surface area is 95.5 Å². The molecule has 0 aromatic rings. The van der Waals surface area contributed by atoms with E-state index in [2.05, 4.69) is 5.32 Å². The average Bonchev–Trinajstić information content (AvgIpc) is 2.23. The maximum Gasteiger partial charge on any atom is 0.238 e. The molecule has 0 radical (unpaired) electrons. The molecule has 0 bridgehead atoms. The minimum absolute atomic E-state index is 0.434. The summed E-state index contributed by atoms with van der Waals surface area (Å²) in [7, 11) is 0. The van der Waals surface area contributed by atoms with Gasteiger partial charge in [-0.15, -0.1) is 0 Å². The van der Waals surface area contributed by atoms with Gasteiger partial charge in [0.2, 0.25) is 5.91 Å². The minimum atomic E-state index is -1.42. The lowest BCUT2D eigenvalue weighted by molar-refractivity contribution is -0.128. The van der Waals surface area contributed by atoms with E-state index in [4.69, 9.17) is 21.1 Å². The van der Waals surface area contributed by atoms with Gasteiger partial charge in [-0.25, -0.2) is 0 Å². The number of nitrogens with two attached hydrogens (primary N) is 1. The lowest BCUT2D eigenvalue weighted by atomic mass is 9.86. The zero-order chi connectivity index (χ0) is 13.0. The molecule has 1 atom stereocenters. The van der Waals surface area contributed by atoms with Gasteiger partial charge in [-0.05, 0) is 5.41 Å². The van der Waals surface area contributed by atoms with Crippen LogP contribution in [0.5, 0.6) is 0 Å². The van der Waals surface area contributed by atoms with E-state index in [0.29, 0.717) is 0 Å². The molecule has 0 unspecified atom stereocenters. The molecule has 96 valence electrons. The Morgan fingerprint density at radius 1 is 1.19 bits per heavy atom. The van der Waals surface area contributed by atoms with Gasteiger partial charge < -0.3 is 26.4 Å². The van der Waals surface area contributed by atoms with Crippen LogP contribution in [0.2, 0.25) is 0 Å². The second kappa shape index (κ2) is 5.58. The first kappa shape index (κ1) is 15.3. The van der Waals surface area contributed by atoms with Gasteiger partial charge in [0.05, 0.1) is 25.9 Å². The highest BCUT2D eigenvalue weighted by Crippen LogP contribution is 2.18. The van der Waals surface area contributed by atoms with Crippen molar-refractivity contribution in [2.45, 2.75) is 32.4 Å². The highest BCUT2D eigenvalue weighted by Gasteiger charge is 2.35. The summed E-state index contributed by atoms with van der Waals surface area (Å²) in [5, 5.41) is 29.5. The smallest absolute Gasteiger partial charge is 0.238 e. The standard InChI is InChI=1S/C10H22N2O4/c1-9(2,3)7(11)8(16)12-10(4-13,5-14)6-15/h7,13-15H,4-6,11H2,1-3H3,(H,12,16)/t7-/m0/s1. The Balaban J connectivity index is 4.65. The van der Waals surface area contributed by atoms with Gasteiger partial charge in [0, 0.05) is 0 Å². The molecule has 16 heavy (non-hydrogen) atoms. The summed E-state index contributed by atoms with van der Waals surface area (Å²) in [5.74, 6) is -0.510. The molecule has 0 heterocycles. The van der Waals surface area contributed by atoms with Gasteiger partial charge in [0.1, 0.15) is 5.54 Å². The van der Waals surface area contributed by atoms with Crippen molar-refractivity contribution in [3.05, 3.63) is 0 Å². The fourth-order valence-electron chi connectivity index (χ4n) is 1.00. The second-order valence-corrected chi connectivity index (χ2v) is 5.09. The number of hydrogen-bond acceptors (Lipinski definition) is 5. The Morgan fingerprint density at radius 3 is 1.81 bits per heavy atom. The number of carbonyl (C=O) groups excluding carboxylic acids is 1. The normalized spacial score (nSPS) is 14.7. The second-order valence-electron chi connectivity index (χ2n) is 5.09. The van der Waals surface area contributed by atoms with E-state index in [1.165, 1.54) is 0 Å². The molecule has 0 spiro atoms. The van der Waals surface area contributed by atoms with Crippen LogP contribution in [0.3, 0.4) is 0 Å². The van der Waals surface area contributed by atoms with Crippen molar-refractivity contribution in [1.29, 1.82) is 0 Å². The summed E-state index contributed by atoms with van der Waals surface area (Å²) >= 11 is 0. The van der Waals surface area contributed by atoms with Gasteiger partial charge in [-0.3, -0.25) is 4.79 Å². The molecule has 0 saturated carbocycles. The molecule has 6 nitrogen and oxygen atoms in total. The Morgan fingerprint density at radius 2 is 1.56 bits per heavy atom. The van der Waals surface area contributed by atoms with Crippen molar-refractivity contribution in [3.63, 3.8) is 0 Å². The van der Waals surface area contributed by atoms with E-state index < -0.39 is 42.7 Å². The third-order valence-electron chi connectivity index (χ3n) is 2.51. The first-order valence-corrected chi connectivity index (χ1v) is 5.12. The van der Waals surface area contributed by atoms with Crippen molar-refractivity contribution in [2.24, 2.45) is 11.1 Å². The number of carbonyl (C=O) groups is 1. The van der Waals surface area contributed by atoms with Crippen molar-refractivity contribution in [3.8, 4) is 0 Å². The lowest BCUT2D eigenvalue weighted by Gasteiger charge is -2.33. The number of aliphatic hydroxyl groups is 3. The quantitative estimate of drug-likeness (QED) is 0.384. The summed E-state index contributed by atoms with van der Waals surface area (Å²) in [5.41, 5.74) is 3.86. The van der Waals surface area contributed by atoms with E-state index >= 15 is 0 Å². The Bertz CT molecular complexity index is 225. The van der Waals surface area contributed by atoms with Gasteiger partial charge >= 0.3 is 0 Å². The van der Waals surface area contributed by atoms with Gasteiger partial charge in [-0.1, -0.05) is 20.8 Å². The molecule has 6 N–H and O–H groups in total. The van der Waals surface area contributed by atoms with Crippen LogP contribution in [0.25, 0.3) is 0 Å². The molecular weight excluding hydrogens is 212 g/mol. The zero-order valence-electron chi connectivity index (χ0n) is 10.0. The number of amides is 1. The fraction of sp³-hybridized carbons (Fsp3) is 0.900. The summed E-state index contributed by atoms with van der Waals surface area (Å²) < 4.78 is 0. The SMILES string of the molecule is CC(C)(C)[C@@H](N)C(=O)NC(CO)(CO)CO. The van der Waals surface area contributed by atoms with E-state index in [-0.39, 0.29) is 0 Å². The molecule has 0 aromatic carbocycles. The zero-order valence-corrected chi connectivity index (χ0v) is 10.0.